The molecule has 0 spiro atoms. The van der Waals surface area contributed by atoms with E-state index in [1.165, 1.54) is 0 Å². The van der Waals surface area contributed by atoms with Gasteiger partial charge in [0.1, 0.15) is 0 Å². The Morgan fingerprint density at radius 1 is 1.36 bits per heavy atom. The predicted octanol–water partition coefficient (Wildman–Crippen LogP) is 1.29. The number of hydrogen-bond donors (Lipinski definition) is 0. The van der Waals surface area contributed by atoms with Gasteiger partial charge >= 0.3 is 30.2 Å². The molecule has 0 unspecified atom stereocenters. The summed E-state index contributed by atoms with van der Waals surface area (Å²) in [7, 11) is 0. The molecule has 0 aliphatic heterocycles. The van der Waals surface area contributed by atoms with Crippen LogP contribution in [-0.4, -0.2) is 5.97 Å². The average Bonchev–Trinajstić information content (AvgIpc) is 1.89. The molecule has 0 aliphatic rings. The van der Waals surface area contributed by atoms with E-state index >= 15 is 0 Å². The van der Waals surface area contributed by atoms with Crippen molar-refractivity contribution in [3.05, 3.63) is 0 Å². The molecule has 0 aromatic rings. The van der Waals surface area contributed by atoms with Crippen LogP contribution in [0, 0.1) is 0 Å². The second kappa shape index (κ2) is 12.7. The molecular weight excluding hydrogens is 231 g/mol. The Balaban J connectivity index is 0. The molecule has 2 nitrogen and oxygen atoms in total. The van der Waals surface area contributed by atoms with Crippen LogP contribution in [0.15, 0.2) is 0 Å². The summed E-state index contributed by atoms with van der Waals surface area (Å²) >= 11 is 2.72. The molecule has 0 saturated carbocycles. The van der Waals surface area contributed by atoms with Crippen LogP contribution in [0.2, 0.25) is 5.02 Å². The van der Waals surface area contributed by atoms with Gasteiger partial charge in [-0.25, -0.2) is 0 Å². The van der Waals surface area contributed by atoms with Crippen molar-refractivity contribution in [3.8, 4) is 0 Å². The Hall–Kier alpha value is 0.0934. The van der Waals surface area contributed by atoms with E-state index in [1.54, 1.807) is 0 Å². The third-order valence-corrected chi connectivity index (χ3v) is 0.984. The molecule has 0 N–H and O–H groups in total. The molecule has 0 rings (SSSR count). The molecule has 0 aromatic heterocycles. The maximum absolute atomic E-state index is 9.76. The Labute approximate surface area is 79.1 Å². The normalized spacial score (nSPS) is 8.27. The van der Waals surface area contributed by atoms with E-state index in [1.807, 2.05) is 6.92 Å². The van der Waals surface area contributed by atoms with Crippen LogP contribution in [-0.2, 0) is 23.1 Å². The van der Waals surface area contributed by atoms with Gasteiger partial charge in [-0.05, 0) is 12.8 Å². The molecular formula is C8H16O2Rh. The van der Waals surface area contributed by atoms with Crippen molar-refractivity contribution < 1.29 is 28.2 Å². The molecule has 0 amide bonds. The third kappa shape index (κ3) is 25.5. The summed E-state index contributed by atoms with van der Waals surface area (Å²) in [5.41, 5.74) is 0. The van der Waals surface area contributed by atoms with E-state index in [4.69, 9.17) is 0 Å². The van der Waals surface area contributed by atoms with Crippen LogP contribution >= 0.6 is 0 Å². The molecule has 0 heterocycles. The summed E-state index contributed by atoms with van der Waals surface area (Å²) in [4.78, 5) is 9.76. The van der Waals surface area contributed by atoms with Gasteiger partial charge in [0.15, 0.2) is 0 Å². The van der Waals surface area contributed by atoms with E-state index in [-0.39, 0.29) is 6.42 Å². The van der Waals surface area contributed by atoms with Gasteiger partial charge in [0, 0.05) is 5.97 Å². The second-order valence-electron chi connectivity index (χ2n) is 2.06. The Kier molecular flexibility index (Phi) is 15.8. The van der Waals surface area contributed by atoms with E-state index < -0.39 is 5.97 Å². The fraction of sp³-hybridized carbons (Fsp3) is 0.875. The summed E-state index contributed by atoms with van der Waals surface area (Å²) in [6.07, 6.45) is 3.04. The van der Waals surface area contributed by atoms with Crippen molar-refractivity contribution >= 4 is 5.97 Å². The van der Waals surface area contributed by atoms with Crippen molar-refractivity contribution in [2.75, 3.05) is 0 Å². The van der Waals surface area contributed by atoms with Crippen molar-refractivity contribution in [2.45, 2.75) is 44.5 Å². The first-order valence-electron chi connectivity index (χ1n) is 3.91. The Morgan fingerprint density at radius 2 is 1.82 bits per heavy atom. The minimum atomic E-state index is -0.932. The van der Waals surface area contributed by atoms with Gasteiger partial charge in [0.25, 0.3) is 0 Å². The van der Waals surface area contributed by atoms with Gasteiger partial charge < -0.3 is 9.90 Å². The van der Waals surface area contributed by atoms with Crippen molar-refractivity contribution in [3.63, 3.8) is 0 Å². The summed E-state index contributed by atoms with van der Waals surface area (Å²) in [6, 6.07) is 0. The van der Waals surface area contributed by atoms with Gasteiger partial charge in [-0.3, -0.25) is 0 Å². The van der Waals surface area contributed by atoms with Crippen LogP contribution in [0.3, 0.4) is 0 Å². The number of carboxylic acids is 1. The van der Waals surface area contributed by atoms with Gasteiger partial charge in [-0.2, -0.15) is 0 Å². The Bertz CT molecular complexity index is 84.2. The predicted molar refractivity (Wildman–Crippen MR) is 39.6 cm³/mol. The molecule has 0 bridgehead atoms. The molecule has 0 radical (unpaired) electrons. The molecule has 0 fully saturated rings. The van der Waals surface area contributed by atoms with Gasteiger partial charge in [0.05, 0.1) is 0 Å². The van der Waals surface area contributed by atoms with Crippen LogP contribution in [0.25, 0.3) is 0 Å². The van der Waals surface area contributed by atoms with E-state index in [9.17, 15) is 9.90 Å². The minimum absolute atomic E-state index is 0.216. The van der Waals surface area contributed by atoms with Crippen LogP contribution in [0.5, 0.6) is 0 Å². The summed E-state index contributed by atoms with van der Waals surface area (Å²) in [6.45, 7) is 4.11. The zero-order valence-corrected chi connectivity index (χ0v) is 8.82. The number of aliphatic carboxylic acids is 1. The fourth-order valence-corrected chi connectivity index (χ4v) is 0.519. The Morgan fingerprint density at radius 3 is 2.09 bits per heavy atom. The first kappa shape index (κ1) is 13.7. The number of carbonyl (C=O) groups excluding carboxylic acids is 1. The molecule has 3 heteroatoms. The van der Waals surface area contributed by atoms with E-state index in [0.717, 1.165) is 24.3 Å². The first-order valence-corrected chi connectivity index (χ1v) is 5.07. The van der Waals surface area contributed by atoms with E-state index in [0.29, 0.717) is 0 Å². The van der Waals surface area contributed by atoms with Crippen LogP contribution in [0.4, 0.5) is 0 Å². The SMILES string of the molecule is CCCCCC(=O)[O-].C[CH2][Rh+]. The summed E-state index contributed by atoms with van der Waals surface area (Å²) < 4.78 is 0. The topological polar surface area (TPSA) is 40.1 Å². The summed E-state index contributed by atoms with van der Waals surface area (Å²) in [5.74, 6) is -0.932. The number of carbonyl (C=O) groups is 1. The monoisotopic (exact) mass is 247 g/mol. The molecule has 69 valence electrons. The van der Waals surface area contributed by atoms with Crippen molar-refractivity contribution in [1.29, 1.82) is 0 Å². The molecule has 0 saturated heterocycles. The maximum atomic E-state index is 9.76. The molecule has 11 heavy (non-hydrogen) atoms. The molecule has 0 aromatic carbocycles. The molecule has 0 atom stereocenters. The zero-order valence-electron chi connectivity index (χ0n) is 7.19. The second-order valence-corrected chi connectivity index (χ2v) is 3.22. The number of rotatable bonds is 4. The van der Waals surface area contributed by atoms with Crippen LogP contribution < -0.4 is 5.11 Å². The van der Waals surface area contributed by atoms with Gasteiger partial charge in [-0.1, -0.05) is 19.8 Å². The summed E-state index contributed by atoms with van der Waals surface area (Å²) in [5, 5.41) is 10.9. The number of unbranched alkanes of at least 4 members (excludes halogenated alkanes) is 2. The van der Waals surface area contributed by atoms with Crippen LogP contribution in [0.1, 0.15) is 39.5 Å². The number of hydrogen-bond acceptors (Lipinski definition) is 2. The first-order chi connectivity index (χ1) is 5.18. The average molecular weight is 247 g/mol. The molecule has 0 aliphatic carbocycles. The van der Waals surface area contributed by atoms with Crippen molar-refractivity contribution in [2.24, 2.45) is 0 Å². The van der Waals surface area contributed by atoms with Gasteiger partial charge in [0.2, 0.25) is 0 Å². The quantitative estimate of drug-likeness (QED) is 0.554. The zero-order chi connectivity index (χ0) is 9.11. The van der Waals surface area contributed by atoms with Gasteiger partial charge in [-0.15, -0.1) is 0 Å². The third-order valence-electron chi connectivity index (χ3n) is 0.984. The van der Waals surface area contributed by atoms with E-state index in [2.05, 4.69) is 25.2 Å². The number of carboxylic acid groups (broad SMARTS) is 1. The van der Waals surface area contributed by atoms with Crippen molar-refractivity contribution in [1.82, 2.24) is 0 Å². The standard InChI is InChI=1S/C6H12O2.C2H5.Rh/c1-2-3-4-5-6(7)8;1-2;/h2-5H2,1H3,(H,7,8);1H2,2H3;/q;;+1/p-1. The fourth-order valence-electron chi connectivity index (χ4n) is 0.519.